The summed E-state index contributed by atoms with van der Waals surface area (Å²) in [6, 6.07) is 6.22. The van der Waals surface area contributed by atoms with Crippen molar-refractivity contribution in [3.63, 3.8) is 0 Å². The van der Waals surface area contributed by atoms with E-state index in [2.05, 4.69) is 5.32 Å². The maximum absolute atomic E-state index is 12.3. The fourth-order valence-electron chi connectivity index (χ4n) is 2.30. The molecule has 0 amide bonds. The molecule has 2 atom stereocenters. The Morgan fingerprint density at radius 2 is 2.11 bits per heavy atom. The van der Waals surface area contributed by atoms with Gasteiger partial charge in [0.25, 0.3) is 0 Å². The molecule has 1 N–H and O–H groups in total. The van der Waals surface area contributed by atoms with Crippen LogP contribution in [0, 0.1) is 5.92 Å². The molecule has 19 heavy (non-hydrogen) atoms. The predicted molar refractivity (Wildman–Crippen MR) is 75.3 cm³/mol. The highest BCUT2D eigenvalue weighted by Crippen LogP contribution is 2.21. The summed E-state index contributed by atoms with van der Waals surface area (Å²) in [6.07, 6.45) is 0.904. The van der Waals surface area contributed by atoms with Crippen LogP contribution in [-0.4, -0.2) is 40.5 Å². The Morgan fingerprint density at radius 3 is 2.63 bits per heavy atom. The second-order valence-electron chi connectivity index (χ2n) is 4.75. The molecule has 1 fully saturated rings. The third-order valence-corrected chi connectivity index (χ3v) is 5.52. The minimum absolute atomic E-state index is 0.0804. The van der Waals surface area contributed by atoms with Crippen molar-refractivity contribution in [3.05, 3.63) is 29.3 Å². The summed E-state index contributed by atoms with van der Waals surface area (Å²) < 4.78 is 30.0. The summed E-state index contributed by atoms with van der Waals surface area (Å²) in [5, 5.41) is 3.63. The van der Waals surface area contributed by atoms with E-state index >= 15 is 0 Å². The Balaban J connectivity index is 2.13. The Kier molecular flexibility index (Phi) is 4.84. The molecular weight excluding hydrogens is 286 g/mol. The standard InChI is InChI=1S/C13H18ClNO3S/c1-15-13(10-6-7-18-8-10)9-19(16,17)12-4-2-11(14)3-5-12/h2-5,10,13,15H,6-9H2,1H3. The van der Waals surface area contributed by atoms with Crippen molar-refractivity contribution in [2.45, 2.75) is 17.4 Å². The molecule has 1 heterocycles. The second-order valence-corrected chi connectivity index (χ2v) is 7.22. The van der Waals surface area contributed by atoms with E-state index in [-0.39, 0.29) is 17.7 Å². The van der Waals surface area contributed by atoms with Gasteiger partial charge in [0.15, 0.2) is 9.84 Å². The molecule has 106 valence electrons. The molecule has 0 saturated carbocycles. The van der Waals surface area contributed by atoms with E-state index in [9.17, 15) is 8.42 Å². The summed E-state index contributed by atoms with van der Waals surface area (Å²) in [5.41, 5.74) is 0. The summed E-state index contributed by atoms with van der Waals surface area (Å²) >= 11 is 5.77. The molecule has 2 rings (SSSR count). The van der Waals surface area contributed by atoms with E-state index < -0.39 is 9.84 Å². The van der Waals surface area contributed by atoms with Gasteiger partial charge < -0.3 is 10.1 Å². The van der Waals surface area contributed by atoms with Crippen molar-refractivity contribution in [2.75, 3.05) is 26.0 Å². The van der Waals surface area contributed by atoms with Gasteiger partial charge in [-0.2, -0.15) is 0 Å². The quantitative estimate of drug-likeness (QED) is 0.900. The topological polar surface area (TPSA) is 55.4 Å². The highest BCUT2D eigenvalue weighted by molar-refractivity contribution is 7.91. The van der Waals surface area contributed by atoms with E-state index in [4.69, 9.17) is 16.3 Å². The maximum atomic E-state index is 12.3. The zero-order valence-corrected chi connectivity index (χ0v) is 12.4. The average Bonchev–Trinajstić information content (AvgIpc) is 2.90. The van der Waals surface area contributed by atoms with Crippen LogP contribution < -0.4 is 5.32 Å². The number of hydrogen-bond acceptors (Lipinski definition) is 4. The number of sulfone groups is 1. The van der Waals surface area contributed by atoms with Crippen LogP contribution in [0.15, 0.2) is 29.2 Å². The lowest BCUT2D eigenvalue weighted by Gasteiger charge is -2.21. The van der Waals surface area contributed by atoms with Crippen LogP contribution in [0.3, 0.4) is 0 Å². The molecule has 1 aliphatic heterocycles. The van der Waals surface area contributed by atoms with E-state index in [0.717, 1.165) is 6.42 Å². The van der Waals surface area contributed by atoms with E-state index in [1.54, 1.807) is 31.3 Å². The number of nitrogens with one attached hydrogen (secondary N) is 1. The minimum atomic E-state index is -3.30. The number of benzene rings is 1. The summed E-state index contributed by atoms with van der Waals surface area (Å²) in [5.74, 6) is 0.339. The van der Waals surface area contributed by atoms with Gasteiger partial charge in [0, 0.05) is 23.6 Å². The highest BCUT2D eigenvalue weighted by atomic mass is 35.5. The van der Waals surface area contributed by atoms with Gasteiger partial charge in [0.2, 0.25) is 0 Å². The first kappa shape index (κ1) is 14.8. The Morgan fingerprint density at radius 1 is 1.42 bits per heavy atom. The predicted octanol–water partition coefficient (Wildman–Crippen LogP) is 1.74. The molecule has 6 heteroatoms. The third kappa shape index (κ3) is 3.69. The number of hydrogen-bond donors (Lipinski definition) is 1. The van der Waals surface area contributed by atoms with Crippen molar-refractivity contribution in [2.24, 2.45) is 5.92 Å². The van der Waals surface area contributed by atoms with Gasteiger partial charge in [0.05, 0.1) is 17.3 Å². The minimum Gasteiger partial charge on any atom is -0.381 e. The molecule has 4 nitrogen and oxygen atoms in total. The number of rotatable bonds is 5. The molecule has 0 spiro atoms. The fraction of sp³-hybridized carbons (Fsp3) is 0.538. The lowest BCUT2D eigenvalue weighted by atomic mass is 10.0. The Labute approximate surface area is 119 Å². The van der Waals surface area contributed by atoms with Gasteiger partial charge in [0.1, 0.15) is 0 Å². The Hall–Kier alpha value is -0.620. The molecule has 0 aromatic heterocycles. The van der Waals surface area contributed by atoms with Crippen LogP contribution >= 0.6 is 11.6 Å². The smallest absolute Gasteiger partial charge is 0.179 e. The molecule has 1 saturated heterocycles. The summed E-state index contributed by atoms with van der Waals surface area (Å²) in [6.45, 7) is 1.34. The molecule has 0 aliphatic carbocycles. The first-order valence-corrected chi connectivity index (χ1v) is 8.29. The Bertz CT molecular complexity index is 509. The molecule has 1 aliphatic rings. The SMILES string of the molecule is CNC(CS(=O)(=O)c1ccc(Cl)cc1)C1CCOC1. The van der Waals surface area contributed by atoms with Gasteiger partial charge in [-0.05, 0) is 37.7 Å². The van der Waals surface area contributed by atoms with Crippen molar-refractivity contribution in [1.82, 2.24) is 5.32 Å². The van der Waals surface area contributed by atoms with E-state index in [1.807, 2.05) is 0 Å². The van der Waals surface area contributed by atoms with Crippen LogP contribution in [0.5, 0.6) is 0 Å². The van der Waals surface area contributed by atoms with Gasteiger partial charge in [-0.15, -0.1) is 0 Å². The largest absolute Gasteiger partial charge is 0.381 e. The van der Waals surface area contributed by atoms with E-state index in [0.29, 0.717) is 23.1 Å². The molecule has 0 radical (unpaired) electrons. The molecule has 2 unspecified atom stereocenters. The van der Waals surface area contributed by atoms with Crippen LogP contribution in [0.25, 0.3) is 0 Å². The molecule has 1 aromatic carbocycles. The van der Waals surface area contributed by atoms with Crippen molar-refractivity contribution in [1.29, 1.82) is 0 Å². The lowest BCUT2D eigenvalue weighted by molar-refractivity contribution is 0.179. The zero-order chi connectivity index (χ0) is 13.9. The maximum Gasteiger partial charge on any atom is 0.179 e. The van der Waals surface area contributed by atoms with E-state index in [1.165, 1.54) is 0 Å². The fourth-order valence-corrected chi connectivity index (χ4v) is 4.08. The van der Waals surface area contributed by atoms with Gasteiger partial charge in [-0.1, -0.05) is 11.6 Å². The third-order valence-electron chi connectivity index (χ3n) is 3.48. The number of halogens is 1. The van der Waals surface area contributed by atoms with Crippen molar-refractivity contribution >= 4 is 21.4 Å². The number of ether oxygens (including phenoxy) is 1. The molecule has 1 aromatic rings. The van der Waals surface area contributed by atoms with Crippen LogP contribution in [0.2, 0.25) is 5.02 Å². The van der Waals surface area contributed by atoms with Gasteiger partial charge in [-0.3, -0.25) is 0 Å². The monoisotopic (exact) mass is 303 g/mol. The normalized spacial score (nSPS) is 21.5. The highest BCUT2D eigenvalue weighted by Gasteiger charge is 2.29. The van der Waals surface area contributed by atoms with Crippen LogP contribution in [-0.2, 0) is 14.6 Å². The molecule has 0 bridgehead atoms. The second kappa shape index (κ2) is 6.22. The van der Waals surface area contributed by atoms with Crippen LogP contribution in [0.1, 0.15) is 6.42 Å². The summed E-state index contributed by atoms with van der Waals surface area (Å²) in [4.78, 5) is 0.316. The van der Waals surface area contributed by atoms with Crippen LogP contribution in [0.4, 0.5) is 0 Å². The lowest BCUT2D eigenvalue weighted by Crippen LogP contribution is -2.40. The summed E-state index contributed by atoms with van der Waals surface area (Å²) in [7, 11) is -1.51. The van der Waals surface area contributed by atoms with Gasteiger partial charge >= 0.3 is 0 Å². The van der Waals surface area contributed by atoms with Crippen molar-refractivity contribution in [3.8, 4) is 0 Å². The first-order chi connectivity index (χ1) is 9.03. The van der Waals surface area contributed by atoms with Crippen molar-refractivity contribution < 1.29 is 13.2 Å². The average molecular weight is 304 g/mol. The van der Waals surface area contributed by atoms with Gasteiger partial charge in [-0.25, -0.2) is 8.42 Å². The molecular formula is C13H18ClNO3S. The first-order valence-electron chi connectivity index (χ1n) is 6.26. The zero-order valence-electron chi connectivity index (χ0n) is 10.8.